The van der Waals surface area contributed by atoms with Crippen LogP contribution in [-0.4, -0.2) is 0 Å². The number of aryl methyl sites for hydroxylation is 1. The first-order valence-electron chi connectivity index (χ1n) is 9.82. The number of benzene rings is 2. The lowest BCUT2D eigenvalue weighted by Crippen LogP contribution is -2.18. The molecule has 0 saturated carbocycles. The van der Waals surface area contributed by atoms with Crippen molar-refractivity contribution in [3.63, 3.8) is 0 Å². The van der Waals surface area contributed by atoms with E-state index in [1.54, 1.807) is 11.1 Å². The highest BCUT2D eigenvalue weighted by molar-refractivity contribution is 5.78. The van der Waals surface area contributed by atoms with Gasteiger partial charge in [0.25, 0.3) is 0 Å². The van der Waals surface area contributed by atoms with Gasteiger partial charge in [0, 0.05) is 0 Å². The van der Waals surface area contributed by atoms with Crippen molar-refractivity contribution >= 4 is 0 Å². The minimum Gasteiger partial charge on any atom is -0.0620 e. The first-order chi connectivity index (χ1) is 11.6. The van der Waals surface area contributed by atoms with Crippen LogP contribution in [0.15, 0.2) is 36.4 Å². The molecule has 1 unspecified atom stereocenters. The maximum absolute atomic E-state index is 2.43. The number of fused-ring (bicyclic) bond motifs is 3. The van der Waals surface area contributed by atoms with Gasteiger partial charge < -0.3 is 0 Å². The van der Waals surface area contributed by atoms with E-state index in [4.69, 9.17) is 0 Å². The molecule has 0 heteroatoms. The Bertz CT molecular complexity index is 766. The highest BCUT2D eigenvalue weighted by atomic mass is 14.3. The van der Waals surface area contributed by atoms with E-state index < -0.39 is 0 Å². The van der Waals surface area contributed by atoms with Gasteiger partial charge in [0.2, 0.25) is 0 Å². The van der Waals surface area contributed by atoms with Crippen molar-refractivity contribution in [3.8, 4) is 11.1 Å². The molecule has 0 aliphatic heterocycles. The SMILES string of the molecule is CC(CCc1cccc2c1Cc1ccc(C(C)(C)C)cc1-2)C(C)(C)C. The van der Waals surface area contributed by atoms with Crippen LogP contribution in [0.4, 0.5) is 0 Å². The van der Waals surface area contributed by atoms with Crippen LogP contribution in [0.1, 0.15) is 77.1 Å². The molecular formula is C25H34. The third-order valence-electron chi connectivity index (χ3n) is 6.23. The summed E-state index contributed by atoms with van der Waals surface area (Å²) in [6, 6.07) is 14.1. The second kappa shape index (κ2) is 6.31. The third kappa shape index (κ3) is 3.68. The van der Waals surface area contributed by atoms with Crippen molar-refractivity contribution < 1.29 is 0 Å². The quantitative estimate of drug-likeness (QED) is 0.476. The van der Waals surface area contributed by atoms with Crippen LogP contribution in [0, 0.1) is 11.3 Å². The Balaban J connectivity index is 1.90. The molecule has 0 aromatic heterocycles. The van der Waals surface area contributed by atoms with Crippen LogP contribution < -0.4 is 0 Å². The lowest BCUT2D eigenvalue weighted by molar-refractivity contribution is 0.247. The van der Waals surface area contributed by atoms with E-state index in [1.165, 1.54) is 35.1 Å². The molecule has 134 valence electrons. The Morgan fingerprint density at radius 2 is 1.64 bits per heavy atom. The van der Waals surface area contributed by atoms with Gasteiger partial charge in [0.05, 0.1) is 0 Å². The molecule has 1 aliphatic rings. The summed E-state index contributed by atoms with van der Waals surface area (Å²) in [7, 11) is 0. The Labute approximate surface area is 154 Å². The normalized spacial score (nSPS) is 15.0. The summed E-state index contributed by atoms with van der Waals surface area (Å²) >= 11 is 0. The summed E-state index contributed by atoms with van der Waals surface area (Å²) < 4.78 is 0. The fourth-order valence-electron chi connectivity index (χ4n) is 3.77. The lowest BCUT2D eigenvalue weighted by Gasteiger charge is -2.27. The summed E-state index contributed by atoms with van der Waals surface area (Å²) in [6.45, 7) is 16.4. The minimum absolute atomic E-state index is 0.206. The topological polar surface area (TPSA) is 0 Å². The van der Waals surface area contributed by atoms with Gasteiger partial charge in [0.15, 0.2) is 0 Å². The van der Waals surface area contributed by atoms with Gasteiger partial charge in [-0.05, 0) is 69.4 Å². The molecule has 1 atom stereocenters. The van der Waals surface area contributed by atoms with Crippen LogP contribution in [0.3, 0.4) is 0 Å². The summed E-state index contributed by atoms with van der Waals surface area (Å²) in [5.41, 5.74) is 9.60. The second-order valence-electron chi connectivity index (χ2n) is 10.0. The molecule has 0 saturated heterocycles. The molecule has 0 nitrogen and oxygen atoms in total. The molecule has 1 aliphatic carbocycles. The Kier molecular flexibility index (Phi) is 4.60. The minimum atomic E-state index is 0.206. The van der Waals surface area contributed by atoms with E-state index in [1.807, 2.05) is 0 Å². The van der Waals surface area contributed by atoms with E-state index in [0.29, 0.717) is 5.41 Å². The van der Waals surface area contributed by atoms with Gasteiger partial charge >= 0.3 is 0 Å². The smallest absolute Gasteiger partial charge is 0.00107 e. The number of hydrogen-bond donors (Lipinski definition) is 0. The largest absolute Gasteiger partial charge is 0.0620 e. The average Bonchev–Trinajstić information content (AvgIpc) is 2.89. The molecule has 0 N–H and O–H groups in total. The standard InChI is InChI=1S/C25H34/c1-17(24(2,3)4)11-12-18-9-8-10-21-22(18)15-19-13-14-20(16-23(19)21)25(5,6)7/h8-10,13-14,16-17H,11-12,15H2,1-7H3. The molecule has 0 radical (unpaired) electrons. The highest BCUT2D eigenvalue weighted by Gasteiger charge is 2.25. The van der Waals surface area contributed by atoms with E-state index in [2.05, 4.69) is 84.9 Å². The fraction of sp³-hybridized carbons (Fsp3) is 0.520. The van der Waals surface area contributed by atoms with Crippen LogP contribution in [-0.2, 0) is 18.3 Å². The average molecular weight is 335 g/mol. The molecule has 2 aromatic carbocycles. The zero-order valence-corrected chi connectivity index (χ0v) is 17.2. The fourth-order valence-corrected chi connectivity index (χ4v) is 3.77. The van der Waals surface area contributed by atoms with Gasteiger partial charge in [-0.15, -0.1) is 0 Å². The van der Waals surface area contributed by atoms with Gasteiger partial charge in [-0.2, -0.15) is 0 Å². The monoisotopic (exact) mass is 334 g/mol. The predicted octanol–water partition coefficient (Wildman–Crippen LogP) is 7.17. The van der Waals surface area contributed by atoms with Crippen molar-refractivity contribution in [1.82, 2.24) is 0 Å². The zero-order chi connectivity index (χ0) is 18.4. The van der Waals surface area contributed by atoms with Crippen LogP contribution in [0.5, 0.6) is 0 Å². The molecule has 0 amide bonds. The maximum Gasteiger partial charge on any atom is -0.00107 e. The van der Waals surface area contributed by atoms with Gasteiger partial charge in [-0.3, -0.25) is 0 Å². The van der Waals surface area contributed by atoms with E-state index in [-0.39, 0.29) is 5.41 Å². The van der Waals surface area contributed by atoms with Crippen molar-refractivity contribution in [3.05, 3.63) is 58.7 Å². The lowest BCUT2D eigenvalue weighted by atomic mass is 9.78. The molecule has 0 heterocycles. The number of rotatable bonds is 3. The van der Waals surface area contributed by atoms with E-state index >= 15 is 0 Å². The van der Waals surface area contributed by atoms with Crippen LogP contribution in [0.25, 0.3) is 11.1 Å². The summed E-state index contributed by atoms with van der Waals surface area (Å²) in [4.78, 5) is 0. The number of hydrogen-bond acceptors (Lipinski definition) is 0. The molecule has 0 bridgehead atoms. The maximum atomic E-state index is 2.43. The van der Waals surface area contributed by atoms with Gasteiger partial charge in [-0.1, -0.05) is 84.9 Å². The summed E-state index contributed by atoms with van der Waals surface area (Å²) in [5, 5.41) is 0. The summed E-state index contributed by atoms with van der Waals surface area (Å²) in [5.74, 6) is 0.736. The Morgan fingerprint density at radius 3 is 2.28 bits per heavy atom. The molecule has 2 aromatic rings. The first-order valence-corrected chi connectivity index (χ1v) is 9.82. The predicted molar refractivity (Wildman–Crippen MR) is 110 cm³/mol. The molecule has 25 heavy (non-hydrogen) atoms. The summed E-state index contributed by atoms with van der Waals surface area (Å²) in [6.07, 6.45) is 3.57. The highest BCUT2D eigenvalue weighted by Crippen LogP contribution is 2.41. The van der Waals surface area contributed by atoms with Crippen molar-refractivity contribution in [2.45, 2.75) is 73.1 Å². The van der Waals surface area contributed by atoms with Crippen molar-refractivity contribution in [2.24, 2.45) is 11.3 Å². The van der Waals surface area contributed by atoms with Crippen LogP contribution in [0.2, 0.25) is 0 Å². The zero-order valence-electron chi connectivity index (χ0n) is 17.2. The van der Waals surface area contributed by atoms with Crippen molar-refractivity contribution in [2.75, 3.05) is 0 Å². The molecule has 3 rings (SSSR count). The van der Waals surface area contributed by atoms with Gasteiger partial charge in [-0.25, -0.2) is 0 Å². The third-order valence-corrected chi connectivity index (χ3v) is 6.23. The molecule has 0 fully saturated rings. The first kappa shape index (κ1) is 18.2. The van der Waals surface area contributed by atoms with E-state index in [9.17, 15) is 0 Å². The van der Waals surface area contributed by atoms with Crippen molar-refractivity contribution in [1.29, 1.82) is 0 Å². The van der Waals surface area contributed by atoms with Gasteiger partial charge in [0.1, 0.15) is 0 Å². The molecular weight excluding hydrogens is 300 g/mol. The molecule has 0 spiro atoms. The Hall–Kier alpha value is -1.56. The Morgan fingerprint density at radius 1 is 0.920 bits per heavy atom. The van der Waals surface area contributed by atoms with Crippen LogP contribution >= 0.6 is 0 Å². The van der Waals surface area contributed by atoms with E-state index in [0.717, 1.165) is 12.3 Å². The second-order valence-corrected chi connectivity index (χ2v) is 10.0.